The van der Waals surface area contributed by atoms with Crippen LogP contribution in [-0.2, 0) is 13.1 Å². The van der Waals surface area contributed by atoms with Crippen molar-refractivity contribution in [3.8, 4) is 22.3 Å². The monoisotopic (exact) mass is 943 g/mol. The SMILES string of the molecule is C=C(Nc1ccc(N2CC(C)CC(CC)C2)nc1)c1n[nH]c2ccc(-c3cncc(CN(C)C)c3)cc12.C=C(Nc1ccnnc1)C(=N)c1cc(-c2cc(CN3CCCCC3)cc(F)c2F)ccc1C. The Labute approximate surface area is 410 Å². The van der Waals surface area contributed by atoms with Gasteiger partial charge in [-0.25, -0.2) is 13.8 Å². The van der Waals surface area contributed by atoms with Crippen LogP contribution in [0.2, 0.25) is 0 Å². The maximum atomic E-state index is 14.8. The van der Waals surface area contributed by atoms with E-state index < -0.39 is 11.6 Å². The molecule has 0 aliphatic carbocycles. The minimum Gasteiger partial charge on any atom is -0.356 e. The van der Waals surface area contributed by atoms with Crippen LogP contribution >= 0.6 is 0 Å². The lowest BCUT2D eigenvalue weighted by Crippen LogP contribution is -2.39. The van der Waals surface area contributed by atoms with Crippen molar-refractivity contribution in [2.24, 2.45) is 11.8 Å². The number of nitrogens with zero attached hydrogens (tertiary/aromatic N) is 8. The highest BCUT2D eigenvalue weighted by Gasteiger charge is 2.25. The molecule has 0 spiro atoms. The summed E-state index contributed by atoms with van der Waals surface area (Å²) in [6.07, 6.45) is 14.8. The van der Waals surface area contributed by atoms with Gasteiger partial charge in [-0.05, 0) is 148 Å². The number of aromatic amines is 1. The number of anilines is 3. The smallest absolute Gasteiger partial charge is 0.166 e. The van der Waals surface area contributed by atoms with Gasteiger partial charge in [0, 0.05) is 60.6 Å². The number of rotatable bonds is 15. The number of halogens is 2. The third-order valence-electron chi connectivity index (χ3n) is 13.1. The van der Waals surface area contributed by atoms with Gasteiger partial charge in [-0.15, -0.1) is 0 Å². The molecule has 2 aliphatic heterocycles. The Balaban J connectivity index is 0.000000190. The predicted octanol–water partition coefficient (Wildman–Crippen LogP) is 11.7. The van der Waals surface area contributed by atoms with Crippen molar-refractivity contribution in [3.05, 3.63) is 162 Å². The van der Waals surface area contributed by atoms with Gasteiger partial charge in [0.25, 0.3) is 0 Å². The van der Waals surface area contributed by atoms with Crippen molar-refractivity contribution in [3.63, 3.8) is 0 Å². The second kappa shape index (κ2) is 22.5. The van der Waals surface area contributed by atoms with Crippen molar-refractivity contribution < 1.29 is 8.78 Å². The number of benzene rings is 3. The molecule has 12 nitrogen and oxygen atoms in total. The molecule has 3 aromatic carbocycles. The third-order valence-corrected chi connectivity index (χ3v) is 13.1. The molecule has 0 bridgehead atoms. The number of aryl methyl sites for hydroxylation is 1. The Kier molecular flexibility index (Phi) is 15.8. The maximum absolute atomic E-state index is 14.8. The summed E-state index contributed by atoms with van der Waals surface area (Å²) in [5.74, 6) is 0.752. The van der Waals surface area contributed by atoms with E-state index in [4.69, 9.17) is 10.4 Å². The van der Waals surface area contributed by atoms with Crippen molar-refractivity contribution >= 4 is 39.5 Å². The molecule has 2 unspecified atom stereocenters. The van der Waals surface area contributed by atoms with Crippen LogP contribution in [-0.4, -0.2) is 86.1 Å². The highest BCUT2D eigenvalue weighted by atomic mass is 19.2. The molecule has 0 saturated carbocycles. The standard InChI is InChI=1S/C30H37N7.C26H27F2N5/c1-6-22-11-20(2)17-37(19-22)29-10-8-26(16-32-29)33-21(3)30-27-13-24(7-9-28(27)34-35-30)25-12-23(14-31-15-25)18-36(4)5;1-17-6-7-20(14-22(17)26(29)18(2)32-21-8-9-30-31-15-21)23-12-19(13-24(27)25(23)28)16-33-10-4-3-5-11-33/h7-10,12-16,20,22,33H,3,6,11,17-19H2,1-2,4-5H3,(H,34,35);6-9,12-15,29H,2-5,10-11,16H2,1H3,(H,30,32). The molecule has 7 aromatic rings. The fourth-order valence-corrected chi connectivity index (χ4v) is 9.51. The number of hydrogen-bond acceptors (Lipinski definition) is 11. The van der Waals surface area contributed by atoms with Gasteiger partial charge in [0.2, 0.25) is 0 Å². The largest absolute Gasteiger partial charge is 0.356 e. The van der Waals surface area contributed by atoms with Gasteiger partial charge in [0.1, 0.15) is 11.5 Å². The first-order chi connectivity index (χ1) is 33.8. The molecule has 9 rings (SSSR count). The number of piperidine rings is 2. The molecule has 0 radical (unpaired) electrons. The van der Waals surface area contributed by atoms with Crippen LogP contribution in [0.4, 0.5) is 26.0 Å². The molecular formula is C56H64F2N12. The first-order valence-corrected chi connectivity index (χ1v) is 24.2. The Morgan fingerprint density at radius 3 is 2.39 bits per heavy atom. The lowest BCUT2D eigenvalue weighted by molar-refractivity contribution is 0.220. The van der Waals surface area contributed by atoms with E-state index in [1.165, 1.54) is 37.1 Å². The average molecular weight is 943 g/mol. The van der Waals surface area contributed by atoms with Crippen molar-refractivity contribution in [2.45, 2.75) is 66.0 Å². The van der Waals surface area contributed by atoms with E-state index in [1.807, 2.05) is 31.6 Å². The number of likely N-dealkylation sites (tertiary alicyclic amines) is 1. The summed E-state index contributed by atoms with van der Waals surface area (Å²) in [6.45, 7) is 20.3. The lowest BCUT2D eigenvalue weighted by Gasteiger charge is -2.37. The number of pyridine rings is 2. The van der Waals surface area contributed by atoms with Crippen LogP contribution < -0.4 is 15.5 Å². The number of hydrogen-bond donors (Lipinski definition) is 4. The van der Waals surface area contributed by atoms with Crippen molar-refractivity contribution in [1.29, 1.82) is 5.41 Å². The quantitative estimate of drug-likeness (QED) is 0.0735. The second-order valence-corrected chi connectivity index (χ2v) is 19.1. The molecule has 2 saturated heterocycles. The number of H-pyrrole nitrogens is 1. The first kappa shape index (κ1) is 49.3. The van der Waals surface area contributed by atoms with Gasteiger partial charge in [-0.2, -0.15) is 15.3 Å². The second-order valence-electron chi connectivity index (χ2n) is 19.1. The third kappa shape index (κ3) is 12.2. The van der Waals surface area contributed by atoms with Crippen LogP contribution in [0.1, 0.15) is 73.9 Å². The van der Waals surface area contributed by atoms with Gasteiger partial charge in [0.05, 0.1) is 52.6 Å². The van der Waals surface area contributed by atoms with Crippen LogP contribution in [0.5, 0.6) is 0 Å². The van der Waals surface area contributed by atoms with Gasteiger partial charge in [-0.3, -0.25) is 20.4 Å². The molecule has 6 heterocycles. The number of fused-ring (bicyclic) bond motifs is 1. The van der Waals surface area contributed by atoms with E-state index in [9.17, 15) is 8.78 Å². The van der Waals surface area contributed by atoms with E-state index in [-0.39, 0.29) is 11.3 Å². The Bertz CT molecular complexity index is 2940. The Morgan fingerprint density at radius 2 is 1.64 bits per heavy atom. The fraction of sp³-hybridized carbons (Fsp3) is 0.321. The predicted molar refractivity (Wildman–Crippen MR) is 281 cm³/mol. The van der Waals surface area contributed by atoms with E-state index in [0.29, 0.717) is 35.0 Å². The van der Waals surface area contributed by atoms with Crippen molar-refractivity contribution in [2.75, 3.05) is 55.8 Å². The summed E-state index contributed by atoms with van der Waals surface area (Å²) < 4.78 is 29.4. The van der Waals surface area contributed by atoms with Crippen LogP contribution in [0, 0.1) is 35.8 Å². The molecule has 362 valence electrons. The fourth-order valence-electron chi connectivity index (χ4n) is 9.51. The number of aromatic nitrogens is 6. The number of nitrogens with one attached hydrogen (secondary N) is 4. The molecular weight excluding hydrogens is 879 g/mol. The zero-order chi connectivity index (χ0) is 49.3. The van der Waals surface area contributed by atoms with E-state index in [0.717, 1.165) is 108 Å². The van der Waals surface area contributed by atoms with Gasteiger partial charge >= 0.3 is 0 Å². The summed E-state index contributed by atoms with van der Waals surface area (Å²) in [6, 6.07) is 22.7. The average Bonchev–Trinajstić information content (AvgIpc) is 3.79. The number of allylic oxidation sites excluding steroid dienone is 1. The maximum Gasteiger partial charge on any atom is 0.166 e. The Morgan fingerprint density at radius 1 is 0.843 bits per heavy atom. The van der Waals surface area contributed by atoms with Crippen molar-refractivity contribution in [1.82, 2.24) is 40.2 Å². The Hall–Kier alpha value is -7.16. The lowest BCUT2D eigenvalue weighted by atomic mass is 9.89. The molecule has 0 amide bonds. The summed E-state index contributed by atoms with van der Waals surface area (Å²) in [7, 11) is 4.13. The summed E-state index contributed by atoms with van der Waals surface area (Å²) in [5, 5.41) is 31.3. The van der Waals surface area contributed by atoms with Crippen LogP contribution in [0.15, 0.2) is 123 Å². The highest BCUT2D eigenvalue weighted by Crippen LogP contribution is 2.32. The topological polar surface area (TPSA) is 138 Å². The molecule has 2 fully saturated rings. The normalized spacial score (nSPS) is 16.1. The molecule has 14 heteroatoms. The van der Waals surface area contributed by atoms with Gasteiger partial charge in [0.15, 0.2) is 11.6 Å². The van der Waals surface area contributed by atoms with Crippen LogP contribution in [0.25, 0.3) is 38.9 Å². The molecule has 2 aliphatic rings. The summed E-state index contributed by atoms with van der Waals surface area (Å²) >= 11 is 0. The molecule has 4 aromatic heterocycles. The molecule has 70 heavy (non-hydrogen) atoms. The summed E-state index contributed by atoms with van der Waals surface area (Å²) in [4.78, 5) is 16.1. The minimum absolute atomic E-state index is 0.163. The van der Waals surface area contributed by atoms with Gasteiger partial charge in [-0.1, -0.05) is 58.0 Å². The highest BCUT2D eigenvalue weighted by molar-refractivity contribution is 6.13. The minimum atomic E-state index is -0.876. The zero-order valence-electron chi connectivity index (χ0n) is 41.0. The molecule has 4 N–H and O–H groups in total. The van der Waals surface area contributed by atoms with Crippen LogP contribution in [0.3, 0.4) is 0 Å². The van der Waals surface area contributed by atoms with Gasteiger partial charge < -0.3 is 20.4 Å². The van der Waals surface area contributed by atoms with E-state index in [2.05, 4.69) is 128 Å². The molecule has 2 atom stereocenters. The van der Waals surface area contributed by atoms with E-state index in [1.54, 1.807) is 30.5 Å². The summed E-state index contributed by atoms with van der Waals surface area (Å²) in [5.41, 5.74) is 10.9. The zero-order valence-corrected chi connectivity index (χ0v) is 41.0. The first-order valence-electron chi connectivity index (χ1n) is 24.2. The van der Waals surface area contributed by atoms with E-state index >= 15 is 0 Å².